The second kappa shape index (κ2) is 10.9. The molecule has 7 nitrogen and oxygen atoms in total. The highest BCUT2D eigenvalue weighted by atomic mass is 79.9. The van der Waals surface area contributed by atoms with Gasteiger partial charge in [0.05, 0.1) is 11.9 Å². The molecule has 2 amide bonds. The fourth-order valence-corrected chi connectivity index (χ4v) is 4.30. The molecule has 1 atom stereocenters. The summed E-state index contributed by atoms with van der Waals surface area (Å²) in [5.74, 6) is -0.839. The van der Waals surface area contributed by atoms with E-state index in [1.807, 2.05) is 20.8 Å². The zero-order valence-corrected chi connectivity index (χ0v) is 22.5. The summed E-state index contributed by atoms with van der Waals surface area (Å²) in [5, 5.41) is 3.43. The molecule has 0 saturated carbocycles. The summed E-state index contributed by atoms with van der Waals surface area (Å²) < 4.78 is 26.8. The Labute approximate surface area is 209 Å². The highest BCUT2D eigenvalue weighted by Gasteiger charge is 2.31. The van der Waals surface area contributed by atoms with Crippen molar-refractivity contribution < 1.29 is 18.0 Å². The van der Waals surface area contributed by atoms with Gasteiger partial charge in [-0.05, 0) is 69.7 Å². The minimum Gasteiger partial charge on any atom is -0.350 e. The fraction of sp³-hybridized carbons (Fsp3) is 0.391. The number of anilines is 1. The van der Waals surface area contributed by atoms with Crippen LogP contribution in [0.1, 0.15) is 33.3 Å². The van der Waals surface area contributed by atoms with Crippen LogP contribution in [-0.4, -0.2) is 49.5 Å². The molecule has 0 radical (unpaired) electrons. The van der Waals surface area contributed by atoms with Gasteiger partial charge in [-0.3, -0.25) is 13.9 Å². The van der Waals surface area contributed by atoms with Gasteiger partial charge in [0.1, 0.15) is 12.6 Å². The quantitative estimate of drug-likeness (QED) is 0.526. The number of hydrogen-bond acceptors (Lipinski definition) is 4. The van der Waals surface area contributed by atoms with Gasteiger partial charge < -0.3 is 10.2 Å². The highest BCUT2D eigenvalue weighted by Crippen LogP contribution is 2.22. The number of rotatable bonds is 8. The molecule has 0 bridgehead atoms. The van der Waals surface area contributed by atoms with Gasteiger partial charge in [0, 0.05) is 21.6 Å². The number of benzene rings is 2. The molecule has 0 heterocycles. The van der Waals surface area contributed by atoms with Gasteiger partial charge in [-0.2, -0.15) is 0 Å². The predicted molar refractivity (Wildman–Crippen MR) is 136 cm³/mol. The lowest BCUT2D eigenvalue weighted by Gasteiger charge is -2.33. The van der Waals surface area contributed by atoms with Crippen molar-refractivity contribution in [2.45, 2.75) is 45.8 Å². The van der Waals surface area contributed by atoms with E-state index >= 15 is 0 Å². The Kier molecular flexibility index (Phi) is 8.95. The molecule has 2 rings (SSSR count). The third-order valence-electron chi connectivity index (χ3n) is 4.73. The molecule has 10 heteroatoms. The number of carbonyl (C=O) groups excluding carboxylic acids is 2. The summed E-state index contributed by atoms with van der Waals surface area (Å²) in [4.78, 5) is 27.7. The second-order valence-electron chi connectivity index (χ2n) is 8.81. The van der Waals surface area contributed by atoms with Crippen LogP contribution in [0.4, 0.5) is 5.69 Å². The van der Waals surface area contributed by atoms with Crippen LogP contribution in [0.3, 0.4) is 0 Å². The molecular weight excluding hydrogens is 530 g/mol. The average molecular weight is 559 g/mol. The Morgan fingerprint density at radius 1 is 1.06 bits per heavy atom. The third-order valence-corrected chi connectivity index (χ3v) is 6.65. The summed E-state index contributed by atoms with van der Waals surface area (Å²) in [7, 11) is -3.76. The van der Waals surface area contributed by atoms with E-state index in [0.29, 0.717) is 10.7 Å². The molecule has 2 aromatic rings. The maximum Gasteiger partial charge on any atom is 0.244 e. The van der Waals surface area contributed by atoms with Gasteiger partial charge in [0.15, 0.2) is 0 Å². The number of sulfonamides is 1. The number of carbonyl (C=O) groups is 2. The lowest BCUT2D eigenvalue weighted by atomic mass is 10.1. The molecule has 0 saturated heterocycles. The fourth-order valence-electron chi connectivity index (χ4n) is 3.06. The van der Waals surface area contributed by atoms with Gasteiger partial charge in [0.25, 0.3) is 0 Å². The monoisotopic (exact) mass is 557 g/mol. The van der Waals surface area contributed by atoms with Crippen molar-refractivity contribution in [3.63, 3.8) is 0 Å². The summed E-state index contributed by atoms with van der Waals surface area (Å²) in [5.41, 5.74) is 0.626. The topological polar surface area (TPSA) is 86.8 Å². The molecule has 2 aromatic carbocycles. The van der Waals surface area contributed by atoms with Crippen molar-refractivity contribution >= 4 is 55.1 Å². The van der Waals surface area contributed by atoms with Crippen LogP contribution in [0.2, 0.25) is 5.02 Å². The van der Waals surface area contributed by atoms with Crippen LogP contribution >= 0.6 is 27.5 Å². The Hall–Kier alpha value is -2.10. The standard InChI is InChI=1S/C23H29BrClN3O4S/c1-16(22(30)26-23(2,3)4)27(14-17-6-10-19(25)11-7-17)21(29)15-28(33(5,31)32)20-12-8-18(24)9-13-20/h6-13,16H,14-15H2,1-5H3,(H,26,30). The lowest BCUT2D eigenvalue weighted by Crippen LogP contribution is -2.54. The number of nitrogens with one attached hydrogen (secondary N) is 1. The molecule has 0 fully saturated rings. The minimum atomic E-state index is -3.76. The van der Waals surface area contributed by atoms with E-state index in [9.17, 15) is 18.0 Å². The number of amides is 2. The lowest BCUT2D eigenvalue weighted by molar-refractivity contribution is -0.140. The van der Waals surface area contributed by atoms with E-state index in [1.165, 1.54) is 4.90 Å². The first-order valence-electron chi connectivity index (χ1n) is 10.3. The first kappa shape index (κ1) is 27.1. The van der Waals surface area contributed by atoms with Crippen molar-refractivity contribution in [3.05, 3.63) is 63.6 Å². The van der Waals surface area contributed by atoms with Crippen LogP contribution in [0.25, 0.3) is 0 Å². The van der Waals surface area contributed by atoms with Gasteiger partial charge in [-0.15, -0.1) is 0 Å². The van der Waals surface area contributed by atoms with Gasteiger partial charge >= 0.3 is 0 Å². The van der Waals surface area contributed by atoms with E-state index < -0.39 is 34.1 Å². The SMILES string of the molecule is CC(C(=O)NC(C)(C)C)N(Cc1ccc(Cl)cc1)C(=O)CN(c1ccc(Br)cc1)S(C)(=O)=O. The largest absolute Gasteiger partial charge is 0.350 e. The van der Waals surface area contributed by atoms with Crippen molar-refractivity contribution in [1.29, 1.82) is 0 Å². The smallest absolute Gasteiger partial charge is 0.244 e. The summed E-state index contributed by atoms with van der Waals surface area (Å²) >= 11 is 9.30. The normalized spacial score (nSPS) is 12.7. The molecule has 0 aliphatic carbocycles. The van der Waals surface area contributed by atoms with Crippen molar-refractivity contribution in [1.82, 2.24) is 10.2 Å². The average Bonchev–Trinajstić information content (AvgIpc) is 2.69. The first-order valence-corrected chi connectivity index (χ1v) is 13.3. The Bertz CT molecular complexity index is 1080. The first-order chi connectivity index (χ1) is 15.2. The van der Waals surface area contributed by atoms with E-state index in [1.54, 1.807) is 55.5 Å². The van der Waals surface area contributed by atoms with Crippen molar-refractivity contribution in [2.75, 3.05) is 17.1 Å². The van der Waals surface area contributed by atoms with Gasteiger partial charge in [-0.1, -0.05) is 39.7 Å². The molecule has 1 N–H and O–H groups in total. The van der Waals surface area contributed by atoms with Crippen LogP contribution in [0.5, 0.6) is 0 Å². The van der Waals surface area contributed by atoms with Gasteiger partial charge in [0.2, 0.25) is 21.8 Å². The van der Waals surface area contributed by atoms with Crippen LogP contribution in [0.15, 0.2) is 53.0 Å². The number of halogens is 2. The van der Waals surface area contributed by atoms with E-state index in [-0.39, 0.29) is 12.5 Å². The Morgan fingerprint density at radius 3 is 2.09 bits per heavy atom. The Morgan fingerprint density at radius 2 is 1.61 bits per heavy atom. The molecule has 0 aliphatic rings. The zero-order chi connectivity index (χ0) is 25.0. The van der Waals surface area contributed by atoms with E-state index in [0.717, 1.165) is 20.6 Å². The molecule has 33 heavy (non-hydrogen) atoms. The van der Waals surface area contributed by atoms with Crippen LogP contribution in [-0.2, 0) is 26.2 Å². The third kappa shape index (κ3) is 8.32. The summed E-state index contributed by atoms with van der Waals surface area (Å²) in [6, 6.07) is 12.7. The molecule has 0 spiro atoms. The highest BCUT2D eigenvalue weighted by molar-refractivity contribution is 9.10. The maximum absolute atomic E-state index is 13.4. The van der Waals surface area contributed by atoms with E-state index in [4.69, 9.17) is 11.6 Å². The molecule has 0 aliphatic heterocycles. The molecular formula is C23H29BrClN3O4S. The van der Waals surface area contributed by atoms with Gasteiger partial charge in [-0.25, -0.2) is 8.42 Å². The predicted octanol–water partition coefficient (Wildman–Crippen LogP) is 4.20. The van der Waals surface area contributed by atoms with Crippen LogP contribution < -0.4 is 9.62 Å². The van der Waals surface area contributed by atoms with E-state index in [2.05, 4.69) is 21.2 Å². The zero-order valence-electron chi connectivity index (χ0n) is 19.3. The summed E-state index contributed by atoms with van der Waals surface area (Å²) in [6.45, 7) is 6.85. The molecule has 1 unspecified atom stereocenters. The number of hydrogen-bond donors (Lipinski definition) is 1. The number of nitrogens with zero attached hydrogens (tertiary/aromatic N) is 2. The second-order valence-corrected chi connectivity index (χ2v) is 12.1. The molecule has 0 aromatic heterocycles. The molecule has 180 valence electrons. The van der Waals surface area contributed by atoms with Crippen molar-refractivity contribution in [2.24, 2.45) is 0 Å². The van der Waals surface area contributed by atoms with Crippen molar-refractivity contribution in [3.8, 4) is 0 Å². The minimum absolute atomic E-state index is 0.118. The summed E-state index contributed by atoms with van der Waals surface area (Å²) in [6.07, 6.45) is 1.04. The maximum atomic E-state index is 13.4. The van der Waals surface area contributed by atoms with Crippen LogP contribution in [0, 0.1) is 0 Å². The Balaban J connectivity index is 2.38.